The Morgan fingerprint density at radius 3 is 2.37 bits per heavy atom. The van der Waals surface area contributed by atoms with Crippen molar-refractivity contribution in [2.24, 2.45) is 0 Å². The van der Waals surface area contributed by atoms with Gasteiger partial charge >= 0.3 is 0 Å². The van der Waals surface area contributed by atoms with Gasteiger partial charge in [-0.05, 0) is 24.6 Å². The van der Waals surface area contributed by atoms with E-state index in [1.165, 1.54) is 0 Å². The summed E-state index contributed by atoms with van der Waals surface area (Å²) in [6.45, 7) is 8.87. The molecule has 0 aliphatic heterocycles. The molecule has 0 unspecified atom stereocenters. The van der Waals surface area contributed by atoms with E-state index in [0.717, 1.165) is 22.6 Å². The molecular formula is C15H20N2O2. The predicted molar refractivity (Wildman–Crippen MR) is 76.2 cm³/mol. The number of ether oxygens (including phenoxy) is 1. The maximum Gasteiger partial charge on any atom is 0.230 e. The van der Waals surface area contributed by atoms with E-state index in [-0.39, 0.29) is 5.41 Å². The van der Waals surface area contributed by atoms with Crippen LogP contribution >= 0.6 is 0 Å². The summed E-state index contributed by atoms with van der Waals surface area (Å²) < 4.78 is 10.6. The lowest BCUT2D eigenvalue weighted by Gasteiger charge is -2.16. The number of nitrogens with zero attached hydrogens (tertiary/aromatic N) is 1. The molecular weight excluding hydrogens is 240 g/mol. The zero-order chi connectivity index (χ0) is 14.0. The fourth-order valence-electron chi connectivity index (χ4n) is 1.98. The summed E-state index contributed by atoms with van der Waals surface area (Å²) in [5, 5.41) is 4.09. The quantitative estimate of drug-likeness (QED) is 0.915. The van der Waals surface area contributed by atoms with Gasteiger partial charge in [-0.3, -0.25) is 0 Å². The summed E-state index contributed by atoms with van der Waals surface area (Å²) in [5.74, 6) is 1.20. The number of hydrogen-bond donors (Lipinski definition) is 1. The zero-order valence-electron chi connectivity index (χ0n) is 11.9. The Labute approximate surface area is 113 Å². The van der Waals surface area contributed by atoms with Gasteiger partial charge in [0.25, 0.3) is 0 Å². The van der Waals surface area contributed by atoms with Crippen molar-refractivity contribution in [1.82, 2.24) is 5.16 Å². The van der Waals surface area contributed by atoms with Crippen molar-refractivity contribution >= 4 is 5.88 Å². The van der Waals surface area contributed by atoms with Crippen molar-refractivity contribution < 1.29 is 9.26 Å². The summed E-state index contributed by atoms with van der Waals surface area (Å²) in [5.41, 5.74) is 8.52. The molecule has 19 heavy (non-hydrogen) atoms. The number of nitrogen functional groups attached to an aromatic ring is 1. The Morgan fingerprint density at radius 1 is 1.21 bits per heavy atom. The second-order valence-electron chi connectivity index (χ2n) is 5.48. The van der Waals surface area contributed by atoms with E-state index in [1.807, 2.05) is 31.2 Å². The first-order valence-electron chi connectivity index (χ1n) is 6.42. The van der Waals surface area contributed by atoms with E-state index in [2.05, 4.69) is 25.9 Å². The van der Waals surface area contributed by atoms with Crippen LogP contribution < -0.4 is 10.5 Å². The average Bonchev–Trinajstić information content (AvgIpc) is 2.72. The zero-order valence-corrected chi connectivity index (χ0v) is 11.9. The molecule has 2 aromatic rings. The number of anilines is 1. The first-order chi connectivity index (χ1) is 8.93. The van der Waals surface area contributed by atoms with E-state index in [1.54, 1.807) is 0 Å². The first-order valence-corrected chi connectivity index (χ1v) is 6.42. The summed E-state index contributed by atoms with van der Waals surface area (Å²) in [6, 6.07) is 7.81. The van der Waals surface area contributed by atoms with E-state index in [0.29, 0.717) is 12.5 Å². The van der Waals surface area contributed by atoms with Crippen LogP contribution in [0.2, 0.25) is 0 Å². The number of aromatic nitrogens is 1. The molecule has 0 aliphatic carbocycles. The predicted octanol–water partition coefficient (Wildman–Crippen LogP) is 3.62. The van der Waals surface area contributed by atoms with E-state index >= 15 is 0 Å². The minimum atomic E-state index is -0.116. The molecule has 0 saturated heterocycles. The third kappa shape index (κ3) is 2.72. The molecule has 2 N–H and O–H groups in total. The third-order valence-corrected chi connectivity index (χ3v) is 2.88. The standard InChI is InChI=1S/C15H20N2O2/c1-5-18-11-8-6-10(7-9-11)12-13(15(2,3)4)17-19-14(12)16/h6-9H,5,16H2,1-4H3. The molecule has 0 fully saturated rings. The highest BCUT2D eigenvalue weighted by atomic mass is 16.5. The molecule has 0 bridgehead atoms. The molecule has 1 aromatic heterocycles. The van der Waals surface area contributed by atoms with Gasteiger partial charge in [-0.2, -0.15) is 0 Å². The smallest absolute Gasteiger partial charge is 0.230 e. The van der Waals surface area contributed by atoms with Crippen molar-refractivity contribution in [2.45, 2.75) is 33.1 Å². The summed E-state index contributed by atoms with van der Waals surface area (Å²) in [7, 11) is 0. The Morgan fingerprint density at radius 2 is 1.84 bits per heavy atom. The van der Waals surface area contributed by atoms with Gasteiger partial charge in [0.1, 0.15) is 5.75 Å². The second kappa shape index (κ2) is 4.96. The van der Waals surface area contributed by atoms with Crippen LogP contribution in [0.15, 0.2) is 28.8 Å². The van der Waals surface area contributed by atoms with Crippen LogP contribution in [-0.4, -0.2) is 11.8 Å². The minimum absolute atomic E-state index is 0.116. The number of rotatable bonds is 3. The number of hydrogen-bond acceptors (Lipinski definition) is 4. The van der Waals surface area contributed by atoms with Crippen LogP contribution in [-0.2, 0) is 5.41 Å². The van der Waals surface area contributed by atoms with Gasteiger partial charge < -0.3 is 15.0 Å². The monoisotopic (exact) mass is 260 g/mol. The lowest BCUT2D eigenvalue weighted by molar-refractivity contribution is 0.340. The van der Waals surface area contributed by atoms with Crippen molar-refractivity contribution in [3.05, 3.63) is 30.0 Å². The van der Waals surface area contributed by atoms with Crippen LogP contribution in [0.4, 0.5) is 5.88 Å². The summed E-state index contributed by atoms with van der Waals surface area (Å²) in [4.78, 5) is 0. The molecule has 0 amide bonds. The van der Waals surface area contributed by atoms with E-state index in [9.17, 15) is 0 Å². The molecule has 1 aromatic carbocycles. The highest BCUT2D eigenvalue weighted by molar-refractivity contribution is 5.76. The second-order valence-corrected chi connectivity index (χ2v) is 5.48. The van der Waals surface area contributed by atoms with Crippen LogP contribution in [0.25, 0.3) is 11.1 Å². The van der Waals surface area contributed by atoms with Crippen molar-refractivity contribution in [1.29, 1.82) is 0 Å². The summed E-state index contributed by atoms with van der Waals surface area (Å²) >= 11 is 0. The first kappa shape index (κ1) is 13.5. The van der Waals surface area contributed by atoms with E-state index < -0.39 is 0 Å². The van der Waals surface area contributed by atoms with Gasteiger partial charge in [-0.25, -0.2) is 0 Å². The topological polar surface area (TPSA) is 61.3 Å². The SMILES string of the molecule is CCOc1ccc(-c2c(C(C)(C)C)noc2N)cc1. The Bertz CT molecular complexity index is 551. The van der Waals surface area contributed by atoms with Gasteiger partial charge in [0, 0.05) is 5.41 Å². The maximum atomic E-state index is 5.91. The van der Waals surface area contributed by atoms with Gasteiger partial charge in [0.2, 0.25) is 5.88 Å². The van der Waals surface area contributed by atoms with Crippen LogP contribution in [0.3, 0.4) is 0 Å². The highest BCUT2D eigenvalue weighted by Gasteiger charge is 2.26. The molecule has 0 spiro atoms. The fourth-order valence-corrected chi connectivity index (χ4v) is 1.98. The fraction of sp³-hybridized carbons (Fsp3) is 0.400. The van der Waals surface area contributed by atoms with Gasteiger partial charge in [0.05, 0.1) is 17.9 Å². The van der Waals surface area contributed by atoms with Gasteiger partial charge in [0.15, 0.2) is 0 Å². The highest BCUT2D eigenvalue weighted by Crippen LogP contribution is 2.37. The molecule has 0 aliphatic rings. The van der Waals surface area contributed by atoms with Crippen molar-refractivity contribution in [3.8, 4) is 16.9 Å². The number of nitrogens with two attached hydrogens (primary N) is 1. The van der Waals surface area contributed by atoms with E-state index in [4.69, 9.17) is 15.0 Å². The minimum Gasteiger partial charge on any atom is -0.494 e. The normalized spacial score (nSPS) is 11.6. The Hall–Kier alpha value is -1.97. The number of benzene rings is 1. The van der Waals surface area contributed by atoms with Gasteiger partial charge in [-0.1, -0.05) is 38.1 Å². The van der Waals surface area contributed by atoms with Crippen LogP contribution in [0.1, 0.15) is 33.4 Å². The molecule has 4 heteroatoms. The Kier molecular flexibility index (Phi) is 3.51. The lowest BCUT2D eigenvalue weighted by atomic mass is 9.87. The Balaban J connectivity index is 2.44. The van der Waals surface area contributed by atoms with Crippen LogP contribution in [0, 0.1) is 0 Å². The third-order valence-electron chi connectivity index (χ3n) is 2.88. The van der Waals surface area contributed by atoms with Crippen molar-refractivity contribution in [3.63, 3.8) is 0 Å². The van der Waals surface area contributed by atoms with Crippen LogP contribution in [0.5, 0.6) is 5.75 Å². The summed E-state index contributed by atoms with van der Waals surface area (Å²) in [6.07, 6.45) is 0. The van der Waals surface area contributed by atoms with Crippen molar-refractivity contribution in [2.75, 3.05) is 12.3 Å². The molecule has 0 atom stereocenters. The molecule has 1 heterocycles. The maximum absolute atomic E-state index is 5.91. The largest absolute Gasteiger partial charge is 0.494 e. The molecule has 0 saturated carbocycles. The molecule has 102 valence electrons. The van der Waals surface area contributed by atoms with Gasteiger partial charge in [-0.15, -0.1) is 0 Å². The molecule has 2 rings (SSSR count). The molecule has 4 nitrogen and oxygen atoms in total. The average molecular weight is 260 g/mol. The molecule has 0 radical (unpaired) electrons. The lowest BCUT2D eigenvalue weighted by Crippen LogP contribution is -2.13.